The Morgan fingerprint density at radius 3 is 2.74 bits per heavy atom. The molecule has 0 spiro atoms. The van der Waals surface area contributed by atoms with Crippen molar-refractivity contribution in [1.29, 1.82) is 0 Å². The number of aromatic nitrogens is 4. The van der Waals surface area contributed by atoms with Crippen LogP contribution in [0, 0.1) is 12.7 Å². The smallest absolute Gasteiger partial charge is 0.237 e. The molecule has 0 saturated carbocycles. The summed E-state index contributed by atoms with van der Waals surface area (Å²) in [5.74, 6) is 2.06. The Kier molecular flexibility index (Phi) is 5.29. The third-order valence-electron chi connectivity index (χ3n) is 2.87. The van der Waals surface area contributed by atoms with E-state index in [0.29, 0.717) is 28.6 Å². The average molecular weight is 368 g/mol. The Bertz CT molecular complexity index is 805. The van der Waals surface area contributed by atoms with Crippen molar-refractivity contribution in [2.75, 3.05) is 5.75 Å². The predicted octanol–water partition coefficient (Wildman–Crippen LogP) is 4.44. The third-order valence-corrected chi connectivity index (χ3v) is 5.93. The van der Waals surface area contributed by atoms with Crippen LogP contribution in [0.5, 0.6) is 0 Å². The second kappa shape index (κ2) is 7.41. The molecule has 0 unspecified atom stereocenters. The van der Waals surface area contributed by atoms with Gasteiger partial charge in [0.05, 0.1) is 5.75 Å². The normalized spacial score (nSPS) is 11.1. The molecule has 0 fully saturated rings. The van der Waals surface area contributed by atoms with Gasteiger partial charge in [-0.1, -0.05) is 59.1 Å². The minimum Gasteiger partial charge on any atom is -0.338 e. The maximum Gasteiger partial charge on any atom is 0.237 e. The summed E-state index contributed by atoms with van der Waals surface area (Å²) >= 11 is 4.71. The average Bonchev–Trinajstić information content (AvgIpc) is 3.18. The largest absolute Gasteiger partial charge is 0.338 e. The molecule has 0 radical (unpaired) electrons. The van der Waals surface area contributed by atoms with Gasteiger partial charge >= 0.3 is 0 Å². The predicted molar refractivity (Wildman–Crippen MR) is 90.3 cm³/mol. The van der Waals surface area contributed by atoms with Gasteiger partial charge in [0.15, 0.2) is 8.68 Å². The molecule has 0 aliphatic rings. The Morgan fingerprint density at radius 1 is 1.22 bits per heavy atom. The second-order valence-electron chi connectivity index (χ2n) is 4.53. The van der Waals surface area contributed by atoms with Crippen LogP contribution in [0.25, 0.3) is 11.4 Å². The third kappa shape index (κ3) is 4.10. The quantitative estimate of drug-likeness (QED) is 0.596. The minimum absolute atomic E-state index is 0.280. The van der Waals surface area contributed by atoms with Crippen LogP contribution in [0.4, 0.5) is 4.39 Å². The van der Waals surface area contributed by atoms with E-state index in [1.165, 1.54) is 17.8 Å². The molecule has 0 saturated heterocycles. The van der Waals surface area contributed by atoms with Gasteiger partial charge in [-0.2, -0.15) is 4.98 Å². The molecule has 2 aromatic heterocycles. The van der Waals surface area contributed by atoms with Crippen molar-refractivity contribution in [1.82, 2.24) is 20.3 Å². The SMILES string of the molecule is CCSc1nnc(SCc2nc(-c3ccc(C)c(F)c3)no2)s1. The molecule has 0 aliphatic heterocycles. The summed E-state index contributed by atoms with van der Waals surface area (Å²) in [6.45, 7) is 3.79. The number of rotatable bonds is 6. The lowest BCUT2D eigenvalue weighted by Crippen LogP contribution is -1.86. The summed E-state index contributed by atoms with van der Waals surface area (Å²) in [5, 5.41) is 12.1. The van der Waals surface area contributed by atoms with Gasteiger partial charge in [-0.15, -0.1) is 10.2 Å². The molecule has 23 heavy (non-hydrogen) atoms. The lowest BCUT2D eigenvalue weighted by molar-refractivity contribution is 0.391. The van der Waals surface area contributed by atoms with Crippen molar-refractivity contribution in [3.8, 4) is 11.4 Å². The van der Waals surface area contributed by atoms with Crippen LogP contribution < -0.4 is 0 Å². The standard InChI is InChI=1S/C14H13FN4OS3/c1-3-21-13-17-18-14(23-13)22-7-11-16-12(19-20-11)9-5-4-8(2)10(15)6-9/h4-6H,3,7H2,1-2H3. The highest BCUT2D eigenvalue weighted by molar-refractivity contribution is 8.02. The molecular weight excluding hydrogens is 355 g/mol. The molecule has 120 valence electrons. The van der Waals surface area contributed by atoms with E-state index in [4.69, 9.17) is 4.52 Å². The van der Waals surface area contributed by atoms with Gasteiger partial charge in [0, 0.05) is 5.56 Å². The van der Waals surface area contributed by atoms with Gasteiger partial charge in [-0.05, 0) is 24.3 Å². The number of benzene rings is 1. The minimum atomic E-state index is -0.280. The second-order valence-corrected chi connectivity index (χ2v) is 8.24. The summed E-state index contributed by atoms with van der Waals surface area (Å²) in [6.07, 6.45) is 0. The zero-order valence-corrected chi connectivity index (χ0v) is 14.9. The maximum atomic E-state index is 13.6. The van der Waals surface area contributed by atoms with Gasteiger partial charge in [0.2, 0.25) is 11.7 Å². The topological polar surface area (TPSA) is 64.7 Å². The highest BCUT2D eigenvalue weighted by Gasteiger charge is 2.12. The zero-order valence-electron chi connectivity index (χ0n) is 12.4. The molecule has 9 heteroatoms. The van der Waals surface area contributed by atoms with Crippen LogP contribution >= 0.6 is 34.9 Å². The van der Waals surface area contributed by atoms with Crippen LogP contribution in [-0.2, 0) is 5.75 Å². The summed E-state index contributed by atoms with van der Waals surface area (Å²) in [7, 11) is 0. The van der Waals surface area contributed by atoms with Crippen molar-refractivity contribution in [3.05, 3.63) is 35.5 Å². The summed E-state index contributed by atoms with van der Waals surface area (Å²) < 4.78 is 20.6. The molecule has 3 aromatic rings. The van der Waals surface area contributed by atoms with Crippen LogP contribution in [0.15, 0.2) is 31.4 Å². The van der Waals surface area contributed by atoms with Crippen molar-refractivity contribution < 1.29 is 8.91 Å². The Balaban J connectivity index is 1.65. The van der Waals surface area contributed by atoms with Crippen LogP contribution in [0.1, 0.15) is 18.4 Å². The van der Waals surface area contributed by atoms with Gasteiger partial charge in [0.1, 0.15) is 5.82 Å². The molecule has 0 aliphatic carbocycles. The van der Waals surface area contributed by atoms with E-state index in [9.17, 15) is 4.39 Å². The lowest BCUT2D eigenvalue weighted by Gasteiger charge is -1.97. The Hall–Kier alpha value is -1.45. The maximum absolute atomic E-state index is 13.6. The highest BCUT2D eigenvalue weighted by atomic mass is 32.2. The first-order valence-electron chi connectivity index (χ1n) is 6.84. The highest BCUT2D eigenvalue weighted by Crippen LogP contribution is 2.30. The zero-order chi connectivity index (χ0) is 16.2. The number of halogens is 1. The first-order chi connectivity index (χ1) is 11.2. The Morgan fingerprint density at radius 2 is 2.00 bits per heavy atom. The fraction of sp³-hybridized carbons (Fsp3) is 0.286. The molecule has 0 bridgehead atoms. The fourth-order valence-electron chi connectivity index (χ4n) is 1.72. The monoisotopic (exact) mass is 368 g/mol. The first-order valence-corrected chi connectivity index (χ1v) is 9.62. The summed E-state index contributed by atoms with van der Waals surface area (Å²) in [6, 6.07) is 4.89. The van der Waals surface area contributed by atoms with Crippen LogP contribution in [-0.4, -0.2) is 26.1 Å². The van der Waals surface area contributed by atoms with E-state index in [1.54, 1.807) is 42.2 Å². The molecular formula is C14H13FN4OS3. The van der Waals surface area contributed by atoms with Gasteiger partial charge < -0.3 is 4.52 Å². The Labute approximate surface area is 145 Å². The molecule has 0 amide bonds. The van der Waals surface area contributed by atoms with Gasteiger partial charge in [0.25, 0.3) is 0 Å². The molecule has 0 N–H and O–H groups in total. The summed E-state index contributed by atoms with van der Waals surface area (Å²) in [4.78, 5) is 4.30. The number of nitrogens with zero attached hydrogens (tertiary/aromatic N) is 4. The lowest BCUT2D eigenvalue weighted by atomic mass is 10.1. The van der Waals surface area contributed by atoms with Crippen molar-refractivity contribution in [2.45, 2.75) is 28.3 Å². The summed E-state index contributed by atoms with van der Waals surface area (Å²) in [5.41, 5.74) is 1.19. The first kappa shape index (κ1) is 16.4. The van der Waals surface area contributed by atoms with E-state index in [2.05, 4.69) is 27.3 Å². The molecule has 1 aromatic carbocycles. The number of aryl methyl sites for hydroxylation is 1. The fourth-order valence-corrected chi connectivity index (χ4v) is 4.48. The van der Waals surface area contributed by atoms with E-state index in [-0.39, 0.29) is 5.82 Å². The van der Waals surface area contributed by atoms with E-state index in [1.807, 2.05) is 0 Å². The van der Waals surface area contributed by atoms with Crippen molar-refractivity contribution in [3.63, 3.8) is 0 Å². The molecule has 3 rings (SSSR count). The number of thioether (sulfide) groups is 2. The van der Waals surface area contributed by atoms with Crippen molar-refractivity contribution in [2.24, 2.45) is 0 Å². The molecule has 0 atom stereocenters. The van der Waals surface area contributed by atoms with E-state index >= 15 is 0 Å². The van der Waals surface area contributed by atoms with Crippen LogP contribution in [0.3, 0.4) is 0 Å². The van der Waals surface area contributed by atoms with E-state index in [0.717, 1.165) is 14.4 Å². The van der Waals surface area contributed by atoms with Crippen molar-refractivity contribution >= 4 is 34.9 Å². The number of hydrogen-bond donors (Lipinski definition) is 0. The number of hydrogen-bond acceptors (Lipinski definition) is 8. The molecule has 2 heterocycles. The van der Waals surface area contributed by atoms with Crippen LogP contribution in [0.2, 0.25) is 0 Å². The molecule has 5 nitrogen and oxygen atoms in total. The van der Waals surface area contributed by atoms with Gasteiger partial charge in [-0.25, -0.2) is 4.39 Å². The van der Waals surface area contributed by atoms with Gasteiger partial charge in [-0.3, -0.25) is 0 Å². The van der Waals surface area contributed by atoms with E-state index < -0.39 is 0 Å².